The summed E-state index contributed by atoms with van der Waals surface area (Å²) in [7, 11) is 1.87. The number of hydrogen-bond acceptors (Lipinski definition) is 2. The first-order valence-corrected chi connectivity index (χ1v) is 7.16. The number of amides is 1. The number of nitrogens with one attached hydrogen (secondary N) is 2. The number of halogens is 1. The van der Waals surface area contributed by atoms with Gasteiger partial charge in [0.05, 0.1) is 0 Å². The van der Waals surface area contributed by atoms with Gasteiger partial charge in [0.25, 0.3) is 0 Å². The number of benzene rings is 1. The maximum Gasteiger partial charge on any atom is 0.224 e. The minimum atomic E-state index is 0. The topological polar surface area (TPSA) is 41.1 Å². The molecule has 114 valence electrons. The van der Waals surface area contributed by atoms with Gasteiger partial charge >= 0.3 is 0 Å². The van der Waals surface area contributed by atoms with Crippen molar-refractivity contribution in [1.82, 2.24) is 10.6 Å². The van der Waals surface area contributed by atoms with Gasteiger partial charge in [-0.05, 0) is 25.5 Å². The maximum absolute atomic E-state index is 12.1. The molecule has 0 aliphatic rings. The van der Waals surface area contributed by atoms with E-state index in [2.05, 4.69) is 29.7 Å². The van der Waals surface area contributed by atoms with Crippen LogP contribution < -0.4 is 10.6 Å². The van der Waals surface area contributed by atoms with E-state index in [0.29, 0.717) is 0 Å². The van der Waals surface area contributed by atoms with Crippen LogP contribution in [0.4, 0.5) is 0 Å². The number of carbonyl (C=O) groups is 1. The van der Waals surface area contributed by atoms with Crippen LogP contribution in [0.3, 0.4) is 0 Å². The molecule has 3 nitrogen and oxygen atoms in total. The van der Waals surface area contributed by atoms with Crippen LogP contribution in [-0.4, -0.2) is 25.5 Å². The molecule has 0 aromatic heterocycles. The van der Waals surface area contributed by atoms with Gasteiger partial charge in [-0.3, -0.25) is 4.79 Å². The Morgan fingerprint density at radius 3 is 2.45 bits per heavy atom. The molecule has 4 heteroatoms. The van der Waals surface area contributed by atoms with Crippen molar-refractivity contribution in [1.29, 1.82) is 0 Å². The predicted octanol–water partition coefficient (Wildman–Crippen LogP) is 2.79. The van der Waals surface area contributed by atoms with E-state index in [1.807, 2.05) is 32.2 Å². The highest BCUT2D eigenvalue weighted by Gasteiger charge is 2.16. The fourth-order valence-corrected chi connectivity index (χ4v) is 2.21. The van der Waals surface area contributed by atoms with Crippen LogP contribution in [0.25, 0.3) is 0 Å². The molecule has 0 spiro atoms. The van der Waals surface area contributed by atoms with Crippen LogP contribution in [0.5, 0.6) is 0 Å². The number of carbonyl (C=O) groups excluding carboxylic acids is 1. The van der Waals surface area contributed by atoms with Crippen molar-refractivity contribution in [3.63, 3.8) is 0 Å². The SMILES string of the molecule is CCCC(Cc1ccccc1)NC(=O)C(C)CNC.Cl. The molecule has 0 saturated carbocycles. The molecule has 2 unspecified atom stereocenters. The average molecular weight is 299 g/mol. The van der Waals surface area contributed by atoms with Gasteiger partial charge in [0, 0.05) is 18.5 Å². The first kappa shape index (κ1) is 18.9. The van der Waals surface area contributed by atoms with Gasteiger partial charge in [0.2, 0.25) is 5.91 Å². The molecule has 0 radical (unpaired) electrons. The molecule has 0 bridgehead atoms. The molecule has 20 heavy (non-hydrogen) atoms. The number of rotatable bonds is 8. The second kappa shape index (κ2) is 10.7. The second-order valence-corrected chi connectivity index (χ2v) is 5.14. The molecule has 0 heterocycles. The van der Waals surface area contributed by atoms with Crippen molar-refractivity contribution < 1.29 is 4.79 Å². The summed E-state index contributed by atoms with van der Waals surface area (Å²) >= 11 is 0. The van der Waals surface area contributed by atoms with E-state index in [0.717, 1.165) is 25.8 Å². The third-order valence-electron chi connectivity index (χ3n) is 3.27. The Morgan fingerprint density at radius 2 is 1.90 bits per heavy atom. The molecule has 0 aliphatic heterocycles. The molecule has 0 saturated heterocycles. The number of hydrogen-bond donors (Lipinski definition) is 2. The minimum absolute atomic E-state index is 0. The van der Waals surface area contributed by atoms with Gasteiger partial charge < -0.3 is 10.6 Å². The largest absolute Gasteiger partial charge is 0.353 e. The van der Waals surface area contributed by atoms with E-state index in [1.54, 1.807) is 0 Å². The van der Waals surface area contributed by atoms with Gasteiger partial charge in [-0.1, -0.05) is 50.6 Å². The minimum Gasteiger partial charge on any atom is -0.353 e. The van der Waals surface area contributed by atoms with Gasteiger partial charge in [0.15, 0.2) is 0 Å². The summed E-state index contributed by atoms with van der Waals surface area (Å²) in [5.41, 5.74) is 1.28. The molecule has 2 N–H and O–H groups in total. The summed E-state index contributed by atoms with van der Waals surface area (Å²) in [5, 5.41) is 6.21. The Labute approximate surface area is 128 Å². The van der Waals surface area contributed by atoms with Gasteiger partial charge in [0.1, 0.15) is 0 Å². The Balaban J connectivity index is 0.00000361. The van der Waals surface area contributed by atoms with E-state index in [1.165, 1.54) is 5.56 Å². The fourth-order valence-electron chi connectivity index (χ4n) is 2.21. The summed E-state index contributed by atoms with van der Waals surface area (Å²) in [6.07, 6.45) is 3.01. The summed E-state index contributed by atoms with van der Waals surface area (Å²) in [5.74, 6) is 0.156. The van der Waals surface area contributed by atoms with Crippen molar-refractivity contribution in [2.24, 2.45) is 5.92 Å². The molecule has 0 fully saturated rings. The Hall–Kier alpha value is -1.06. The van der Waals surface area contributed by atoms with Crippen LogP contribution in [0.2, 0.25) is 0 Å². The highest BCUT2D eigenvalue weighted by molar-refractivity contribution is 5.85. The van der Waals surface area contributed by atoms with Crippen LogP contribution in [0.1, 0.15) is 32.3 Å². The molecule has 1 rings (SSSR count). The lowest BCUT2D eigenvalue weighted by atomic mass is 10.0. The molecule has 1 aromatic carbocycles. The van der Waals surface area contributed by atoms with Gasteiger partial charge in [-0.2, -0.15) is 0 Å². The first-order valence-electron chi connectivity index (χ1n) is 7.16. The molecule has 1 amide bonds. The van der Waals surface area contributed by atoms with Crippen LogP contribution in [0.15, 0.2) is 30.3 Å². The second-order valence-electron chi connectivity index (χ2n) is 5.14. The zero-order valence-corrected chi connectivity index (χ0v) is 13.5. The summed E-state index contributed by atoms with van der Waals surface area (Å²) in [4.78, 5) is 12.1. The van der Waals surface area contributed by atoms with Crippen LogP contribution in [-0.2, 0) is 11.2 Å². The van der Waals surface area contributed by atoms with Crippen LogP contribution in [0, 0.1) is 5.92 Å². The standard InChI is InChI=1S/C16H26N2O.ClH/c1-4-8-15(11-14-9-6-5-7-10-14)18-16(19)13(2)12-17-3;/h5-7,9-10,13,15,17H,4,8,11-12H2,1-3H3,(H,18,19);1H. The van der Waals surface area contributed by atoms with E-state index in [-0.39, 0.29) is 30.3 Å². The zero-order valence-electron chi connectivity index (χ0n) is 12.7. The Kier molecular flexibility index (Phi) is 10.1. The molecule has 1 aromatic rings. The Bertz CT molecular complexity index is 370. The van der Waals surface area contributed by atoms with Crippen LogP contribution >= 0.6 is 12.4 Å². The maximum atomic E-state index is 12.1. The predicted molar refractivity (Wildman–Crippen MR) is 87.3 cm³/mol. The normalized spacial score (nSPS) is 13.2. The van der Waals surface area contributed by atoms with E-state index >= 15 is 0 Å². The van der Waals surface area contributed by atoms with Crippen molar-refractivity contribution in [2.75, 3.05) is 13.6 Å². The Morgan fingerprint density at radius 1 is 1.25 bits per heavy atom. The van der Waals surface area contributed by atoms with Crippen molar-refractivity contribution in [2.45, 2.75) is 39.2 Å². The molecular weight excluding hydrogens is 272 g/mol. The highest BCUT2D eigenvalue weighted by atomic mass is 35.5. The molecule has 0 aliphatic carbocycles. The third-order valence-corrected chi connectivity index (χ3v) is 3.27. The summed E-state index contributed by atoms with van der Waals surface area (Å²) < 4.78 is 0. The lowest BCUT2D eigenvalue weighted by Crippen LogP contribution is -2.41. The lowest BCUT2D eigenvalue weighted by molar-refractivity contribution is -0.125. The van der Waals surface area contributed by atoms with Crippen molar-refractivity contribution in [3.05, 3.63) is 35.9 Å². The quantitative estimate of drug-likeness (QED) is 0.775. The highest BCUT2D eigenvalue weighted by Crippen LogP contribution is 2.08. The van der Waals surface area contributed by atoms with E-state index in [4.69, 9.17) is 0 Å². The smallest absolute Gasteiger partial charge is 0.224 e. The third kappa shape index (κ3) is 6.92. The lowest BCUT2D eigenvalue weighted by Gasteiger charge is -2.21. The first-order chi connectivity index (χ1) is 9.17. The fraction of sp³-hybridized carbons (Fsp3) is 0.562. The molecule has 2 atom stereocenters. The zero-order chi connectivity index (χ0) is 14.1. The van der Waals surface area contributed by atoms with E-state index < -0.39 is 0 Å². The van der Waals surface area contributed by atoms with Crippen molar-refractivity contribution in [3.8, 4) is 0 Å². The van der Waals surface area contributed by atoms with Crippen molar-refractivity contribution >= 4 is 18.3 Å². The molecular formula is C16H27ClN2O. The van der Waals surface area contributed by atoms with E-state index in [9.17, 15) is 4.79 Å². The summed E-state index contributed by atoms with van der Waals surface area (Å²) in [6.45, 7) is 4.83. The summed E-state index contributed by atoms with van der Waals surface area (Å²) in [6, 6.07) is 10.6. The van der Waals surface area contributed by atoms with Gasteiger partial charge in [-0.15, -0.1) is 12.4 Å². The average Bonchev–Trinajstić information content (AvgIpc) is 2.40. The van der Waals surface area contributed by atoms with Gasteiger partial charge in [-0.25, -0.2) is 0 Å². The monoisotopic (exact) mass is 298 g/mol.